The zero-order valence-corrected chi connectivity index (χ0v) is 10.3. The van der Waals surface area contributed by atoms with Crippen LogP contribution in [0.5, 0.6) is 0 Å². The number of esters is 1. The second kappa shape index (κ2) is 4.99. The van der Waals surface area contributed by atoms with Crippen molar-refractivity contribution in [2.24, 2.45) is 5.73 Å². The minimum atomic E-state index is -0.975. The van der Waals surface area contributed by atoms with E-state index in [0.29, 0.717) is 11.5 Å². The third kappa shape index (κ3) is 2.83. The molecule has 2 N–H and O–H groups in total. The zero-order valence-electron chi connectivity index (χ0n) is 10.3. The molecule has 0 aliphatic heterocycles. The standard InChI is InChI=1S/C11H16N2O4/c1-5(2)9-8(6(3)13-17-9)11(15)16-7(4)10(12)14/h5,7H,1-4H3,(H2,12,14)/t7-/m0/s1. The van der Waals surface area contributed by atoms with Crippen LogP contribution in [0.25, 0.3) is 0 Å². The molecule has 0 radical (unpaired) electrons. The van der Waals surface area contributed by atoms with E-state index in [9.17, 15) is 9.59 Å². The van der Waals surface area contributed by atoms with Gasteiger partial charge in [0.15, 0.2) is 11.9 Å². The summed E-state index contributed by atoms with van der Waals surface area (Å²) in [6, 6.07) is 0. The van der Waals surface area contributed by atoms with Crippen LogP contribution in [0.15, 0.2) is 4.52 Å². The lowest BCUT2D eigenvalue weighted by Crippen LogP contribution is -2.30. The van der Waals surface area contributed by atoms with E-state index in [-0.39, 0.29) is 11.5 Å². The third-order valence-corrected chi connectivity index (χ3v) is 2.30. The molecule has 0 aliphatic carbocycles. The quantitative estimate of drug-likeness (QED) is 0.796. The number of nitrogens with two attached hydrogens (primary N) is 1. The Bertz CT molecular complexity index is 437. The molecule has 1 aromatic rings. The Labute approximate surface area is 99.1 Å². The van der Waals surface area contributed by atoms with Crippen LogP contribution in [-0.2, 0) is 9.53 Å². The number of rotatable bonds is 4. The molecule has 0 spiro atoms. The first kappa shape index (κ1) is 13.2. The molecule has 0 aromatic carbocycles. The van der Waals surface area contributed by atoms with Gasteiger partial charge in [-0.3, -0.25) is 4.79 Å². The fourth-order valence-electron chi connectivity index (χ4n) is 1.31. The van der Waals surface area contributed by atoms with E-state index in [1.807, 2.05) is 13.8 Å². The summed E-state index contributed by atoms with van der Waals surface area (Å²) in [5, 5.41) is 3.72. The molecule has 1 aromatic heterocycles. The minimum absolute atomic E-state index is 0.00244. The molecular formula is C11H16N2O4. The molecule has 1 rings (SSSR count). The van der Waals surface area contributed by atoms with E-state index < -0.39 is 18.0 Å². The average Bonchev–Trinajstić information content (AvgIpc) is 2.59. The van der Waals surface area contributed by atoms with Crippen molar-refractivity contribution in [1.29, 1.82) is 0 Å². The number of aromatic nitrogens is 1. The molecule has 1 heterocycles. The van der Waals surface area contributed by atoms with Crippen LogP contribution in [0.1, 0.15) is 48.5 Å². The molecule has 0 saturated heterocycles. The minimum Gasteiger partial charge on any atom is -0.449 e. The number of hydrogen-bond acceptors (Lipinski definition) is 5. The highest BCUT2D eigenvalue weighted by molar-refractivity contribution is 5.93. The van der Waals surface area contributed by atoms with Gasteiger partial charge in [0, 0.05) is 5.92 Å². The maximum Gasteiger partial charge on any atom is 0.344 e. The van der Waals surface area contributed by atoms with Crippen molar-refractivity contribution in [1.82, 2.24) is 5.16 Å². The first-order chi connectivity index (χ1) is 7.84. The SMILES string of the molecule is Cc1noc(C(C)C)c1C(=O)O[C@@H](C)C(N)=O. The van der Waals surface area contributed by atoms with Crippen LogP contribution < -0.4 is 5.73 Å². The first-order valence-corrected chi connectivity index (χ1v) is 5.31. The van der Waals surface area contributed by atoms with Crippen LogP contribution in [0.2, 0.25) is 0 Å². The number of carbonyl (C=O) groups excluding carboxylic acids is 2. The molecule has 0 unspecified atom stereocenters. The van der Waals surface area contributed by atoms with E-state index in [2.05, 4.69) is 5.16 Å². The Kier molecular flexibility index (Phi) is 3.88. The summed E-state index contributed by atoms with van der Waals surface area (Å²) in [4.78, 5) is 22.7. The molecule has 17 heavy (non-hydrogen) atoms. The Morgan fingerprint density at radius 3 is 2.41 bits per heavy atom. The second-order valence-corrected chi connectivity index (χ2v) is 4.11. The van der Waals surface area contributed by atoms with Crippen LogP contribution in [-0.4, -0.2) is 23.1 Å². The van der Waals surface area contributed by atoms with Crippen molar-refractivity contribution >= 4 is 11.9 Å². The summed E-state index contributed by atoms with van der Waals surface area (Å²) in [7, 11) is 0. The van der Waals surface area contributed by atoms with Gasteiger partial charge >= 0.3 is 5.97 Å². The van der Waals surface area contributed by atoms with Gasteiger partial charge < -0.3 is 15.0 Å². The Morgan fingerprint density at radius 1 is 1.35 bits per heavy atom. The summed E-state index contributed by atoms with van der Waals surface area (Å²) < 4.78 is 9.97. The first-order valence-electron chi connectivity index (χ1n) is 5.31. The molecule has 6 nitrogen and oxygen atoms in total. The van der Waals surface area contributed by atoms with Crippen molar-refractivity contribution < 1.29 is 18.8 Å². The van der Waals surface area contributed by atoms with Gasteiger partial charge in [0.25, 0.3) is 5.91 Å². The van der Waals surface area contributed by atoms with Gasteiger partial charge in [0.1, 0.15) is 5.56 Å². The van der Waals surface area contributed by atoms with Crippen LogP contribution in [0.4, 0.5) is 0 Å². The number of ether oxygens (including phenoxy) is 1. The zero-order chi connectivity index (χ0) is 13.2. The average molecular weight is 240 g/mol. The lowest BCUT2D eigenvalue weighted by atomic mass is 10.1. The molecule has 0 saturated carbocycles. The smallest absolute Gasteiger partial charge is 0.344 e. The normalized spacial score (nSPS) is 12.5. The summed E-state index contributed by atoms with van der Waals surface area (Å²) in [5.41, 5.74) is 5.73. The lowest BCUT2D eigenvalue weighted by Gasteiger charge is -2.10. The van der Waals surface area contributed by atoms with E-state index in [1.54, 1.807) is 6.92 Å². The molecule has 1 amide bonds. The number of amides is 1. The van der Waals surface area contributed by atoms with Gasteiger partial charge in [-0.25, -0.2) is 4.79 Å². The van der Waals surface area contributed by atoms with E-state index in [4.69, 9.17) is 15.0 Å². The summed E-state index contributed by atoms with van der Waals surface area (Å²) in [6.45, 7) is 6.79. The van der Waals surface area contributed by atoms with Gasteiger partial charge in [-0.15, -0.1) is 0 Å². The number of nitrogens with zero attached hydrogens (tertiary/aromatic N) is 1. The van der Waals surface area contributed by atoms with Crippen molar-refractivity contribution in [2.75, 3.05) is 0 Å². The van der Waals surface area contributed by atoms with Gasteiger partial charge in [-0.05, 0) is 13.8 Å². The topological polar surface area (TPSA) is 95.4 Å². The molecule has 6 heteroatoms. The van der Waals surface area contributed by atoms with Crippen LogP contribution in [0, 0.1) is 6.92 Å². The maximum atomic E-state index is 11.8. The highest BCUT2D eigenvalue weighted by atomic mass is 16.5. The number of aryl methyl sites for hydroxylation is 1. The number of primary amides is 1. The Hall–Kier alpha value is -1.85. The molecule has 0 bridgehead atoms. The Balaban J connectivity index is 2.96. The largest absolute Gasteiger partial charge is 0.449 e. The van der Waals surface area contributed by atoms with E-state index in [0.717, 1.165) is 0 Å². The predicted octanol–water partition coefficient (Wildman–Crippen LogP) is 1.14. The van der Waals surface area contributed by atoms with Gasteiger partial charge in [0.05, 0.1) is 5.69 Å². The Morgan fingerprint density at radius 2 is 1.94 bits per heavy atom. The highest BCUT2D eigenvalue weighted by Gasteiger charge is 2.26. The number of carbonyl (C=O) groups is 2. The summed E-state index contributed by atoms with van der Waals surface area (Å²) in [6.07, 6.45) is -0.975. The lowest BCUT2D eigenvalue weighted by molar-refractivity contribution is -0.125. The summed E-state index contributed by atoms with van der Waals surface area (Å²) in [5.74, 6) is -0.885. The summed E-state index contributed by atoms with van der Waals surface area (Å²) >= 11 is 0. The van der Waals surface area contributed by atoms with Crippen molar-refractivity contribution in [3.8, 4) is 0 Å². The van der Waals surface area contributed by atoms with Crippen LogP contribution in [0.3, 0.4) is 0 Å². The molecule has 1 atom stereocenters. The van der Waals surface area contributed by atoms with Gasteiger partial charge in [0.2, 0.25) is 0 Å². The van der Waals surface area contributed by atoms with E-state index >= 15 is 0 Å². The third-order valence-electron chi connectivity index (χ3n) is 2.30. The van der Waals surface area contributed by atoms with Gasteiger partial charge in [-0.2, -0.15) is 0 Å². The van der Waals surface area contributed by atoms with E-state index in [1.165, 1.54) is 6.92 Å². The van der Waals surface area contributed by atoms with Crippen molar-refractivity contribution in [3.63, 3.8) is 0 Å². The fourth-order valence-corrected chi connectivity index (χ4v) is 1.31. The van der Waals surface area contributed by atoms with Gasteiger partial charge in [-0.1, -0.05) is 19.0 Å². The monoisotopic (exact) mass is 240 g/mol. The fraction of sp³-hybridized carbons (Fsp3) is 0.545. The predicted molar refractivity (Wildman–Crippen MR) is 59.4 cm³/mol. The van der Waals surface area contributed by atoms with Crippen molar-refractivity contribution in [3.05, 3.63) is 17.0 Å². The molecular weight excluding hydrogens is 224 g/mol. The highest BCUT2D eigenvalue weighted by Crippen LogP contribution is 2.23. The van der Waals surface area contributed by atoms with Crippen molar-refractivity contribution in [2.45, 2.75) is 39.7 Å². The second-order valence-electron chi connectivity index (χ2n) is 4.11. The maximum absolute atomic E-state index is 11.8. The van der Waals surface area contributed by atoms with Crippen LogP contribution >= 0.6 is 0 Å². The molecule has 94 valence electrons. The molecule has 0 fully saturated rings. The molecule has 0 aliphatic rings. The number of hydrogen-bond donors (Lipinski definition) is 1.